The number of benzene rings is 2. The fourth-order valence-electron chi connectivity index (χ4n) is 3.49. The minimum Gasteiger partial charge on any atom is -0.346 e. The number of carbonyl (C=O) groups excluding carboxylic acids is 2. The van der Waals surface area contributed by atoms with Gasteiger partial charge in [0.2, 0.25) is 11.8 Å². The van der Waals surface area contributed by atoms with E-state index in [9.17, 15) is 14.0 Å². The fraction of sp³-hybridized carbons (Fsp3) is 0.333. The molecule has 5 heteroatoms. The quantitative estimate of drug-likeness (QED) is 0.862. The molecule has 0 aromatic heterocycles. The van der Waals surface area contributed by atoms with E-state index in [1.165, 1.54) is 12.1 Å². The lowest BCUT2D eigenvalue weighted by molar-refractivity contribution is -0.131. The van der Waals surface area contributed by atoms with Crippen molar-refractivity contribution >= 4 is 17.5 Å². The molecule has 1 aliphatic carbocycles. The van der Waals surface area contributed by atoms with Crippen LogP contribution in [0, 0.1) is 19.7 Å². The standard InChI is InChI=1S/C21H23FN2O2/c1-14-6-3-7-15(2)19(14)24-18(25)13-23-20(26)21(10-5-11-21)16-8-4-9-17(22)12-16/h3-4,6-9,12H,5,10-11,13H2,1-2H3,(H,23,26)(H,24,25). The first-order chi connectivity index (χ1) is 12.4. The molecule has 0 unspecified atom stereocenters. The minimum absolute atomic E-state index is 0.107. The number of amides is 2. The third kappa shape index (κ3) is 3.47. The molecule has 26 heavy (non-hydrogen) atoms. The van der Waals surface area contributed by atoms with Crippen molar-refractivity contribution in [3.05, 3.63) is 65.0 Å². The number of hydrogen-bond acceptors (Lipinski definition) is 2. The van der Waals surface area contributed by atoms with Gasteiger partial charge in [0.15, 0.2) is 0 Å². The van der Waals surface area contributed by atoms with Gasteiger partial charge in [0.25, 0.3) is 0 Å². The van der Waals surface area contributed by atoms with Crippen molar-refractivity contribution in [1.29, 1.82) is 0 Å². The van der Waals surface area contributed by atoms with Crippen molar-refractivity contribution < 1.29 is 14.0 Å². The number of rotatable bonds is 5. The average Bonchev–Trinajstić information content (AvgIpc) is 2.55. The van der Waals surface area contributed by atoms with Crippen LogP contribution in [0.25, 0.3) is 0 Å². The molecule has 0 saturated heterocycles. The number of hydrogen-bond donors (Lipinski definition) is 2. The van der Waals surface area contributed by atoms with Crippen LogP contribution >= 0.6 is 0 Å². The van der Waals surface area contributed by atoms with Gasteiger partial charge in [0.05, 0.1) is 12.0 Å². The van der Waals surface area contributed by atoms with E-state index in [-0.39, 0.29) is 24.2 Å². The third-order valence-electron chi connectivity index (χ3n) is 5.17. The van der Waals surface area contributed by atoms with Gasteiger partial charge in [-0.25, -0.2) is 4.39 Å². The van der Waals surface area contributed by atoms with Crippen LogP contribution in [0.15, 0.2) is 42.5 Å². The van der Waals surface area contributed by atoms with Gasteiger partial charge in [-0.15, -0.1) is 0 Å². The summed E-state index contributed by atoms with van der Waals surface area (Å²) in [6, 6.07) is 12.0. The van der Waals surface area contributed by atoms with E-state index in [0.717, 1.165) is 23.2 Å². The van der Waals surface area contributed by atoms with E-state index in [1.54, 1.807) is 12.1 Å². The molecule has 136 valence electrons. The van der Waals surface area contributed by atoms with E-state index < -0.39 is 5.41 Å². The fourth-order valence-corrected chi connectivity index (χ4v) is 3.49. The minimum atomic E-state index is -0.721. The lowest BCUT2D eigenvalue weighted by Gasteiger charge is -2.40. The number of para-hydroxylation sites is 1. The van der Waals surface area contributed by atoms with Crippen molar-refractivity contribution in [3.8, 4) is 0 Å². The molecule has 0 spiro atoms. The maximum absolute atomic E-state index is 13.6. The zero-order chi connectivity index (χ0) is 18.7. The lowest BCUT2D eigenvalue weighted by Crippen LogP contribution is -2.50. The normalized spacial score (nSPS) is 15.0. The van der Waals surface area contributed by atoms with Crippen LogP contribution in [0.3, 0.4) is 0 Å². The van der Waals surface area contributed by atoms with Crippen LogP contribution in [0.1, 0.15) is 36.0 Å². The van der Waals surface area contributed by atoms with Gasteiger partial charge in [-0.1, -0.05) is 36.8 Å². The van der Waals surface area contributed by atoms with Crippen molar-refractivity contribution in [2.75, 3.05) is 11.9 Å². The maximum atomic E-state index is 13.6. The smallest absolute Gasteiger partial charge is 0.243 e. The Morgan fingerprint density at radius 2 is 1.73 bits per heavy atom. The second-order valence-electron chi connectivity index (χ2n) is 6.94. The first-order valence-corrected chi connectivity index (χ1v) is 8.83. The van der Waals surface area contributed by atoms with Crippen molar-refractivity contribution in [2.45, 2.75) is 38.5 Å². The van der Waals surface area contributed by atoms with Gasteiger partial charge in [-0.05, 0) is 55.5 Å². The Bertz CT molecular complexity index is 823. The number of aryl methyl sites for hydroxylation is 2. The largest absolute Gasteiger partial charge is 0.346 e. The first-order valence-electron chi connectivity index (χ1n) is 8.83. The molecule has 0 heterocycles. The van der Waals surface area contributed by atoms with Crippen LogP contribution in [-0.2, 0) is 15.0 Å². The van der Waals surface area contributed by atoms with E-state index >= 15 is 0 Å². The van der Waals surface area contributed by atoms with Gasteiger partial charge >= 0.3 is 0 Å². The Hall–Kier alpha value is -2.69. The molecule has 1 saturated carbocycles. The second kappa shape index (κ2) is 7.28. The summed E-state index contributed by atoms with van der Waals surface area (Å²) < 4.78 is 13.6. The molecule has 0 atom stereocenters. The molecule has 2 amide bonds. The maximum Gasteiger partial charge on any atom is 0.243 e. The Morgan fingerprint density at radius 1 is 1.08 bits per heavy atom. The highest BCUT2D eigenvalue weighted by atomic mass is 19.1. The first kappa shape index (κ1) is 18.1. The predicted molar refractivity (Wildman–Crippen MR) is 99.5 cm³/mol. The summed E-state index contributed by atoms with van der Waals surface area (Å²) in [6.45, 7) is 3.74. The van der Waals surface area contributed by atoms with E-state index in [4.69, 9.17) is 0 Å². The van der Waals surface area contributed by atoms with Crippen LogP contribution in [0.5, 0.6) is 0 Å². The van der Waals surface area contributed by atoms with E-state index in [1.807, 2.05) is 32.0 Å². The highest BCUT2D eigenvalue weighted by molar-refractivity contribution is 5.97. The summed E-state index contributed by atoms with van der Waals surface area (Å²) in [5.41, 5.74) is 2.67. The van der Waals surface area contributed by atoms with Crippen LogP contribution in [-0.4, -0.2) is 18.4 Å². The molecule has 1 fully saturated rings. The zero-order valence-electron chi connectivity index (χ0n) is 15.1. The third-order valence-corrected chi connectivity index (χ3v) is 5.17. The van der Waals surface area contributed by atoms with Gasteiger partial charge < -0.3 is 10.6 Å². The lowest BCUT2D eigenvalue weighted by atomic mass is 9.64. The topological polar surface area (TPSA) is 58.2 Å². The van der Waals surface area contributed by atoms with Gasteiger partial charge in [0, 0.05) is 5.69 Å². The van der Waals surface area contributed by atoms with Crippen molar-refractivity contribution in [2.24, 2.45) is 0 Å². The number of halogens is 1. The number of nitrogens with one attached hydrogen (secondary N) is 2. The Morgan fingerprint density at radius 3 is 2.31 bits per heavy atom. The average molecular weight is 354 g/mol. The Balaban J connectivity index is 1.65. The molecule has 1 aliphatic rings. The summed E-state index contributed by atoms with van der Waals surface area (Å²) in [4.78, 5) is 25.0. The zero-order valence-corrected chi connectivity index (χ0v) is 15.1. The Kier molecular flexibility index (Phi) is 5.07. The highest BCUT2D eigenvalue weighted by Gasteiger charge is 2.45. The molecule has 2 aromatic carbocycles. The molecule has 4 nitrogen and oxygen atoms in total. The number of anilines is 1. The molecule has 2 N–H and O–H groups in total. The second-order valence-corrected chi connectivity index (χ2v) is 6.94. The molecule has 0 bridgehead atoms. The summed E-state index contributed by atoms with van der Waals surface area (Å²) in [7, 11) is 0. The molecule has 0 aliphatic heterocycles. The van der Waals surface area contributed by atoms with Gasteiger partial charge in [-0.3, -0.25) is 9.59 Å². The molecule has 0 radical (unpaired) electrons. The summed E-state index contributed by atoms with van der Waals surface area (Å²) in [5, 5.41) is 5.59. The highest BCUT2D eigenvalue weighted by Crippen LogP contribution is 2.44. The summed E-state index contributed by atoms with van der Waals surface area (Å²) in [5.74, 6) is -0.843. The van der Waals surface area contributed by atoms with E-state index in [2.05, 4.69) is 10.6 Å². The van der Waals surface area contributed by atoms with Crippen LogP contribution < -0.4 is 10.6 Å². The SMILES string of the molecule is Cc1cccc(C)c1NC(=O)CNC(=O)C1(c2cccc(F)c2)CCC1. The van der Waals surface area contributed by atoms with Crippen LogP contribution in [0.4, 0.5) is 10.1 Å². The van der Waals surface area contributed by atoms with Crippen LogP contribution in [0.2, 0.25) is 0 Å². The monoisotopic (exact) mass is 354 g/mol. The summed E-state index contributed by atoms with van der Waals surface area (Å²) in [6.07, 6.45) is 2.25. The molecule has 2 aromatic rings. The van der Waals surface area contributed by atoms with Gasteiger partial charge in [-0.2, -0.15) is 0 Å². The Labute approximate surface area is 152 Å². The van der Waals surface area contributed by atoms with E-state index in [0.29, 0.717) is 18.4 Å². The van der Waals surface area contributed by atoms with Crippen molar-refractivity contribution in [1.82, 2.24) is 5.32 Å². The molecule has 3 rings (SSSR count). The number of carbonyl (C=O) groups is 2. The van der Waals surface area contributed by atoms with Crippen molar-refractivity contribution in [3.63, 3.8) is 0 Å². The van der Waals surface area contributed by atoms with Gasteiger partial charge in [0.1, 0.15) is 5.82 Å². The molecular weight excluding hydrogens is 331 g/mol. The summed E-state index contributed by atoms with van der Waals surface area (Å²) >= 11 is 0. The predicted octanol–water partition coefficient (Wildman–Crippen LogP) is 3.62. The molecular formula is C21H23FN2O2.